The Morgan fingerprint density at radius 1 is 0.755 bits per heavy atom. The fraction of sp³-hybridized carbons (Fsp3) is 1.00. The number of ether oxygens (including phenoxy) is 6. The summed E-state index contributed by atoms with van der Waals surface area (Å²) >= 11 is 0. The topological polar surface area (TPSA) is 217 Å². The Hall–Kier alpha value is -0.560. The van der Waals surface area contributed by atoms with E-state index in [-0.39, 0.29) is 29.8 Å². The van der Waals surface area contributed by atoms with Gasteiger partial charge in [0.25, 0.3) is 0 Å². The van der Waals surface area contributed by atoms with Gasteiger partial charge in [0.1, 0.15) is 42.7 Å². The minimum absolute atomic E-state index is 0.0631. The number of fused-ring (bicyclic) bond motifs is 7. The molecule has 4 saturated heterocycles. The summed E-state index contributed by atoms with van der Waals surface area (Å²) < 4.78 is 36.8. The molecule has 8 N–H and O–H groups in total. The van der Waals surface area contributed by atoms with Crippen molar-refractivity contribution in [2.45, 2.75) is 184 Å². The molecule has 0 bridgehead atoms. The van der Waals surface area contributed by atoms with Crippen LogP contribution in [0, 0.1) is 46.3 Å². The smallest absolute Gasteiger partial charge is 0.187 e. The van der Waals surface area contributed by atoms with Crippen LogP contribution in [0.3, 0.4) is 0 Å². The summed E-state index contributed by atoms with van der Waals surface area (Å²) in [5.41, 5.74) is -1.96. The molecule has 4 aliphatic carbocycles. The van der Waals surface area contributed by atoms with E-state index in [1.54, 1.807) is 0 Å². The number of aliphatic hydroxyl groups excluding tert-OH is 7. The van der Waals surface area contributed by atoms with Gasteiger partial charge in [0.2, 0.25) is 0 Å². The maximum absolute atomic E-state index is 12.5. The molecule has 14 nitrogen and oxygen atoms in total. The zero-order valence-electron chi connectivity index (χ0n) is 31.8. The van der Waals surface area contributed by atoms with Gasteiger partial charge in [-0.3, -0.25) is 0 Å². The number of rotatable bonds is 5. The highest BCUT2D eigenvalue weighted by molar-refractivity contribution is 5.20. The normalized spacial score (nSPS) is 61.0. The van der Waals surface area contributed by atoms with Gasteiger partial charge in [-0.05, 0) is 86.9 Å². The van der Waals surface area contributed by atoms with Gasteiger partial charge in [-0.1, -0.05) is 27.7 Å². The zero-order chi connectivity index (χ0) is 38.0. The maximum Gasteiger partial charge on any atom is 0.187 e. The van der Waals surface area contributed by atoms with E-state index in [2.05, 4.69) is 27.7 Å². The Balaban J connectivity index is 0.934. The van der Waals surface area contributed by atoms with Gasteiger partial charge in [-0.2, -0.15) is 0 Å². The van der Waals surface area contributed by atoms with Crippen molar-refractivity contribution in [3.63, 3.8) is 0 Å². The number of aliphatic hydroxyl groups is 8. The van der Waals surface area contributed by atoms with Gasteiger partial charge < -0.3 is 69.3 Å². The van der Waals surface area contributed by atoms with E-state index in [4.69, 9.17) is 28.4 Å². The Bertz CT molecular complexity index is 1330. The van der Waals surface area contributed by atoms with Crippen LogP contribution in [0.5, 0.6) is 0 Å². The molecule has 0 aromatic heterocycles. The summed E-state index contributed by atoms with van der Waals surface area (Å²) in [4.78, 5) is 0. The van der Waals surface area contributed by atoms with Crippen molar-refractivity contribution in [1.82, 2.24) is 0 Å². The molecule has 4 aliphatic heterocycles. The second-order valence-electron chi connectivity index (χ2n) is 19.0. The van der Waals surface area contributed by atoms with E-state index in [1.165, 1.54) is 6.92 Å². The van der Waals surface area contributed by atoms with Crippen LogP contribution in [-0.4, -0.2) is 145 Å². The first kappa shape index (κ1) is 39.3. The summed E-state index contributed by atoms with van der Waals surface area (Å²) in [6.45, 7) is 10.7. The first-order valence-electron chi connectivity index (χ1n) is 20.3. The summed E-state index contributed by atoms with van der Waals surface area (Å²) in [5.74, 6) is 1.57. The SMILES string of the molecule is C[C@H]1CC[C@@]2(OC1)O[C@H]1C[C@H]3[C@@H]4C[C@H](O)[C@]5(O)C[C@@H](O[C@@H]6O[C@H](CO)[C@@H](O[C@@H]7O[C@@H](C)[C@H](O)[C@@H](O)[C@H]7O)[C@H](O)[C@H]6O)CC[C@]5(C)[C@H]4CC[C@]3(C)[C@H]1[C@@H]2C. The lowest BCUT2D eigenvalue weighted by molar-refractivity contribution is -0.364. The van der Waals surface area contributed by atoms with Gasteiger partial charge >= 0.3 is 0 Å². The average molecular weight is 757 g/mol. The minimum Gasteiger partial charge on any atom is -0.394 e. The second kappa shape index (κ2) is 13.8. The van der Waals surface area contributed by atoms with Crippen LogP contribution in [0.25, 0.3) is 0 Å². The molecule has 14 heteroatoms. The van der Waals surface area contributed by atoms with Crippen molar-refractivity contribution >= 4 is 0 Å². The molecule has 4 heterocycles. The Morgan fingerprint density at radius 3 is 2.17 bits per heavy atom. The van der Waals surface area contributed by atoms with Crippen molar-refractivity contribution in [2.24, 2.45) is 46.3 Å². The minimum atomic E-state index is -1.66. The highest BCUT2D eigenvalue weighted by Gasteiger charge is 2.72. The van der Waals surface area contributed by atoms with Gasteiger partial charge in [-0.15, -0.1) is 0 Å². The Morgan fingerprint density at radius 2 is 1.47 bits per heavy atom. The standard InChI is InChI=1S/C39H64O14/c1-17-6-11-39(48-16-17)18(2)27-24(53-39)13-23-21-12-26(41)38(47)14-20(7-10-37(38,5)22(21)8-9-36(23,27)4)50-35-32(46)30(44)33(25(15-40)51-35)52-34-31(45)29(43)28(42)19(3)49-34/h17-35,40-47H,6-16H2,1-5H3/t17-,18-,19-,20-,21+,22-,23-,24-,25+,26-,27-,28-,29+,30+,31+,32+,33+,34-,35+,36-,37+,38+,39+/m0/s1. The van der Waals surface area contributed by atoms with Crippen LogP contribution in [0.4, 0.5) is 0 Å². The predicted octanol–water partition coefficient (Wildman–Crippen LogP) is 0.556. The Labute approximate surface area is 312 Å². The van der Waals surface area contributed by atoms with Crippen LogP contribution in [-0.2, 0) is 28.4 Å². The second-order valence-corrected chi connectivity index (χ2v) is 19.0. The fourth-order valence-electron chi connectivity index (χ4n) is 13.2. The highest BCUT2D eigenvalue weighted by atomic mass is 16.7. The van der Waals surface area contributed by atoms with E-state index in [0.717, 1.165) is 38.7 Å². The molecule has 53 heavy (non-hydrogen) atoms. The van der Waals surface area contributed by atoms with Gasteiger partial charge in [0.15, 0.2) is 18.4 Å². The third kappa shape index (κ3) is 5.86. The lowest BCUT2D eigenvalue weighted by atomic mass is 9.42. The summed E-state index contributed by atoms with van der Waals surface area (Å²) in [6.07, 6.45) is -8.94. The molecule has 0 amide bonds. The predicted molar refractivity (Wildman–Crippen MR) is 184 cm³/mol. The van der Waals surface area contributed by atoms with E-state index in [9.17, 15) is 40.9 Å². The highest BCUT2D eigenvalue weighted by Crippen LogP contribution is 2.72. The van der Waals surface area contributed by atoms with Gasteiger partial charge in [-0.25, -0.2) is 0 Å². The molecule has 304 valence electrons. The summed E-state index contributed by atoms with van der Waals surface area (Å²) in [6, 6.07) is 0. The van der Waals surface area contributed by atoms with Crippen molar-refractivity contribution in [1.29, 1.82) is 0 Å². The molecule has 0 aromatic rings. The van der Waals surface area contributed by atoms with E-state index < -0.39 is 97.0 Å². The molecule has 8 aliphatic rings. The van der Waals surface area contributed by atoms with Crippen molar-refractivity contribution in [3.05, 3.63) is 0 Å². The van der Waals surface area contributed by atoms with E-state index in [0.29, 0.717) is 42.9 Å². The van der Waals surface area contributed by atoms with Crippen LogP contribution >= 0.6 is 0 Å². The first-order valence-corrected chi connectivity index (χ1v) is 20.3. The largest absolute Gasteiger partial charge is 0.394 e. The molecule has 8 fully saturated rings. The average Bonchev–Trinajstić information content (AvgIpc) is 3.57. The third-order valence-corrected chi connectivity index (χ3v) is 16.3. The van der Waals surface area contributed by atoms with Crippen LogP contribution in [0.15, 0.2) is 0 Å². The molecule has 23 atom stereocenters. The molecule has 0 aromatic carbocycles. The van der Waals surface area contributed by atoms with Crippen molar-refractivity contribution in [3.8, 4) is 0 Å². The lowest BCUT2D eigenvalue weighted by Crippen LogP contribution is -2.69. The molecule has 0 unspecified atom stereocenters. The van der Waals surface area contributed by atoms with Crippen LogP contribution < -0.4 is 0 Å². The van der Waals surface area contributed by atoms with Crippen molar-refractivity contribution < 1.29 is 69.3 Å². The Kier molecular flexibility index (Phi) is 10.2. The quantitative estimate of drug-likeness (QED) is 0.180. The molecule has 0 radical (unpaired) electrons. The van der Waals surface area contributed by atoms with Crippen LogP contribution in [0.2, 0.25) is 0 Å². The fourth-order valence-corrected chi connectivity index (χ4v) is 13.2. The van der Waals surface area contributed by atoms with Gasteiger partial charge in [0.05, 0.1) is 43.2 Å². The summed E-state index contributed by atoms with van der Waals surface area (Å²) in [7, 11) is 0. The lowest BCUT2D eigenvalue weighted by Gasteiger charge is -2.65. The molecule has 4 saturated carbocycles. The zero-order valence-corrected chi connectivity index (χ0v) is 31.8. The number of hydrogen-bond donors (Lipinski definition) is 8. The molecular weight excluding hydrogens is 692 g/mol. The first-order chi connectivity index (χ1) is 25.0. The number of hydrogen-bond acceptors (Lipinski definition) is 14. The molecule has 1 spiro atoms. The monoisotopic (exact) mass is 756 g/mol. The van der Waals surface area contributed by atoms with E-state index >= 15 is 0 Å². The van der Waals surface area contributed by atoms with Crippen LogP contribution in [0.1, 0.15) is 92.4 Å². The molecule has 8 rings (SSSR count). The molecular formula is C39H64O14. The van der Waals surface area contributed by atoms with Gasteiger partial charge in [0, 0.05) is 24.2 Å². The third-order valence-electron chi connectivity index (χ3n) is 16.3. The maximum atomic E-state index is 12.5. The van der Waals surface area contributed by atoms with E-state index in [1.807, 2.05) is 0 Å². The summed E-state index contributed by atoms with van der Waals surface area (Å²) in [5, 5.41) is 87.6. The van der Waals surface area contributed by atoms with Crippen molar-refractivity contribution in [2.75, 3.05) is 13.2 Å².